The Balaban J connectivity index is 1.52. The van der Waals surface area contributed by atoms with E-state index in [9.17, 15) is 0 Å². The van der Waals surface area contributed by atoms with Gasteiger partial charge in [-0.1, -0.05) is 0 Å². The minimum absolute atomic E-state index is 0.735. The second kappa shape index (κ2) is 4.43. The lowest BCUT2D eigenvalue weighted by atomic mass is 10.1. The second-order valence-electron chi connectivity index (χ2n) is 5.15. The molecule has 7 heteroatoms. The summed E-state index contributed by atoms with van der Waals surface area (Å²) in [5.74, 6) is 0.950. The predicted octanol–water partition coefficient (Wildman–Crippen LogP) is -0.782. The summed E-state index contributed by atoms with van der Waals surface area (Å²) in [6.45, 7) is 6.49. The standard InChI is InChI=1S/C12H17N7/c1-2-19-9-15-16-12(19)11(14-1)18-5-3-17(4-6-18)10-7-13-8-10/h1-2,9-10,13H,3-8H2. The van der Waals surface area contributed by atoms with Gasteiger partial charge in [-0.15, -0.1) is 10.2 Å². The van der Waals surface area contributed by atoms with Crippen molar-refractivity contribution in [1.29, 1.82) is 0 Å². The van der Waals surface area contributed by atoms with Crippen LogP contribution in [0.15, 0.2) is 18.7 Å². The highest BCUT2D eigenvalue weighted by molar-refractivity contribution is 5.63. The molecule has 19 heavy (non-hydrogen) atoms. The fourth-order valence-corrected chi connectivity index (χ4v) is 2.80. The number of nitrogens with zero attached hydrogens (tertiary/aromatic N) is 6. The lowest BCUT2D eigenvalue weighted by molar-refractivity contribution is 0.138. The van der Waals surface area contributed by atoms with Gasteiger partial charge in [0, 0.05) is 57.7 Å². The molecule has 7 nitrogen and oxygen atoms in total. The van der Waals surface area contributed by atoms with Crippen molar-refractivity contribution in [2.45, 2.75) is 6.04 Å². The molecule has 0 unspecified atom stereocenters. The first-order valence-electron chi connectivity index (χ1n) is 6.76. The predicted molar refractivity (Wildman–Crippen MR) is 71.2 cm³/mol. The number of aromatic nitrogens is 4. The van der Waals surface area contributed by atoms with E-state index in [4.69, 9.17) is 0 Å². The highest BCUT2D eigenvalue weighted by Gasteiger charge is 2.28. The minimum atomic E-state index is 0.735. The van der Waals surface area contributed by atoms with E-state index in [1.165, 1.54) is 0 Å². The van der Waals surface area contributed by atoms with Gasteiger partial charge in [0.2, 0.25) is 5.65 Å². The first kappa shape index (κ1) is 11.1. The van der Waals surface area contributed by atoms with Crippen LogP contribution in [0, 0.1) is 0 Å². The van der Waals surface area contributed by atoms with Gasteiger partial charge in [0.05, 0.1) is 0 Å². The Hall–Kier alpha value is -1.73. The zero-order chi connectivity index (χ0) is 12.7. The third-order valence-electron chi connectivity index (χ3n) is 4.09. The summed E-state index contributed by atoms with van der Waals surface area (Å²) in [6.07, 6.45) is 5.42. The van der Waals surface area contributed by atoms with Crippen molar-refractivity contribution in [2.24, 2.45) is 0 Å². The summed E-state index contributed by atoms with van der Waals surface area (Å²) in [5.41, 5.74) is 0.848. The molecule has 1 N–H and O–H groups in total. The number of fused-ring (bicyclic) bond motifs is 1. The fourth-order valence-electron chi connectivity index (χ4n) is 2.80. The Labute approximate surface area is 111 Å². The first-order valence-corrected chi connectivity index (χ1v) is 6.76. The number of piperazine rings is 1. The smallest absolute Gasteiger partial charge is 0.203 e. The molecule has 2 fully saturated rings. The molecule has 0 spiro atoms. The highest BCUT2D eigenvalue weighted by Crippen LogP contribution is 2.19. The maximum absolute atomic E-state index is 4.48. The lowest BCUT2D eigenvalue weighted by Crippen LogP contribution is -2.61. The van der Waals surface area contributed by atoms with Gasteiger partial charge in [0.1, 0.15) is 6.33 Å². The Morgan fingerprint density at radius 3 is 2.74 bits per heavy atom. The summed E-state index contributed by atoms with van der Waals surface area (Å²) in [4.78, 5) is 9.36. The third kappa shape index (κ3) is 1.85. The van der Waals surface area contributed by atoms with Crippen LogP contribution < -0.4 is 10.2 Å². The summed E-state index contributed by atoms with van der Waals surface area (Å²) in [6, 6.07) is 0.735. The molecule has 100 valence electrons. The van der Waals surface area contributed by atoms with E-state index < -0.39 is 0 Å². The van der Waals surface area contributed by atoms with Crippen LogP contribution in [-0.2, 0) is 0 Å². The average Bonchev–Trinajstić information content (AvgIpc) is 2.86. The van der Waals surface area contributed by atoms with Crippen LogP contribution in [0.5, 0.6) is 0 Å². The van der Waals surface area contributed by atoms with Gasteiger partial charge in [-0.2, -0.15) is 0 Å². The van der Waals surface area contributed by atoms with Gasteiger partial charge in [-0.05, 0) is 0 Å². The largest absolute Gasteiger partial charge is 0.351 e. The topological polar surface area (TPSA) is 61.6 Å². The summed E-state index contributed by atoms with van der Waals surface area (Å²) in [7, 11) is 0. The van der Waals surface area contributed by atoms with E-state index in [1.54, 1.807) is 6.33 Å². The van der Waals surface area contributed by atoms with Crippen LogP contribution in [0.4, 0.5) is 5.82 Å². The monoisotopic (exact) mass is 259 g/mol. The number of nitrogens with one attached hydrogen (secondary N) is 1. The zero-order valence-corrected chi connectivity index (χ0v) is 10.7. The first-order chi connectivity index (χ1) is 9.42. The van der Waals surface area contributed by atoms with Crippen molar-refractivity contribution < 1.29 is 0 Å². The van der Waals surface area contributed by atoms with Crippen molar-refractivity contribution in [3.8, 4) is 0 Å². The van der Waals surface area contributed by atoms with Crippen LogP contribution in [-0.4, -0.2) is 69.8 Å². The summed E-state index contributed by atoms with van der Waals surface area (Å²) in [5, 5.41) is 11.4. The molecule has 2 aliphatic rings. The van der Waals surface area contributed by atoms with Crippen molar-refractivity contribution in [3.63, 3.8) is 0 Å². The zero-order valence-electron chi connectivity index (χ0n) is 10.7. The minimum Gasteiger partial charge on any atom is -0.351 e. The highest BCUT2D eigenvalue weighted by atomic mass is 15.3. The molecule has 2 aromatic heterocycles. The second-order valence-corrected chi connectivity index (χ2v) is 5.15. The van der Waals surface area contributed by atoms with Crippen LogP contribution >= 0.6 is 0 Å². The van der Waals surface area contributed by atoms with E-state index in [0.29, 0.717) is 0 Å². The number of hydrogen-bond donors (Lipinski definition) is 1. The van der Waals surface area contributed by atoms with E-state index in [1.807, 2.05) is 16.8 Å². The van der Waals surface area contributed by atoms with E-state index >= 15 is 0 Å². The Morgan fingerprint density at radius 1 is 1.16 bits per heavy atom. The van der Waals surface area contributed by atoms with E-state index in [-0.39, 0.29) is 0 Å². The van der Waals surface area contributed by atoms with Crippen LogP contribution in [0.3, 0.4) is 0 Å². The molecule has 0 bridgehead atoms. The van der Waals surface area contributed by atoms with Crippen molar-refractivity contribution in [2.75, 3.05) is 44.2 Å². The third-order valence-corrected chi connectivity index (χ3v) is 4.09. The van der Waals surface area contributed by atoms with Crippen LogP contribution in [0.1, 0.15) is 0 Å². The number of hydrogen-bond acceptors (Lipinski definition) is 6. The van der Waals surface area contributed by atoms with Gasteiger partial charge < -0.3 is 10.2 Å². The van der Waals surface area contributed by atoms with Gasteiger partial charge in [0.15, 0.2) is 5.82 Å². The molecule has 0 saturated carbocycles. The van der Waals surface area contributed by atoms with Crippen molar-refractivity contribution in [3.05, 3.63) is 18.7 Å². The van der Waals surface area contributed by atoms with Gasteiger partial charge in [-0.3, -0.25) is 9.30 Å². The van der Waals surface area contributed by atoms with Crippen molar-refractivity contribution in [1.82, 2.24) is 29.8 Å². The lowest BCUT2D eigenvalue weighted by Gasteiger charge is -2.43. The van der Waals surface area contributed by atoms with E-state index in [0.717, 1.165) is 56.8 Å². The molecule has 2 saturated heterocycles. The van der Waals surface area contributed by atoms with E-state index in [2.05, 4.69) is 30.3 Å². The molecule has 4 heterocycles. The molecular formula is C12H17N7. The molecule has 0 atom stereocenters. The maximum Gasteiger partial charge on any atom is 0.203 e. The Kier molecular flexibility index (Phi) is 2.59. The van der Waals surface area contributed by atoms with Gasteiger partial charge in [0.25, 0.3) is 0 Å². The average molecular weight is 259 g/mol. The van der Waals surface area contributed by atoms with Crippen LogP contribution in [0.25, 0.3) is 5.65 Å². The molecule has 0 radical (unpaired) electrons. The molecule has 0 aromatic carbocycles. The molecular weight excluding hydrogens is 242 g/mol. The molecule has 0 amide bonds. The van der Waals surface area contributed by atoms with Gasteiger partial charge in [-0.25, -0.2) is 4.98 Å². The molecule has 2 aromatic rings. The van der Waals surface area contributed by atoms with Gasteiger partial charge >= 0.3 is 0 Å². The molecule has 4 rings (SSSR count). The Morgan fingerprint density at radius 2 is 2.00 bits per heavy atom. The quantitative estimate of drug-likeness (QED) is 0.763. The molecule has 0 aliphatic carbocycles. The maximum atomic E-state index is 4.48. The van der Waals surface area contributed by atoms with Crippen LogP contribution in [0.2, 0.25) is 0 Å². The number of anilines is 1. The number of rotatable bonds is 2. The van der Waals surface area contributed by atoms with Crippen molar-refractivity contribution >= 4 is 11.5 Å². The molecule has 2 aliphatic heterocycles. The normalized spacial score (nSPS) is 21.8. The Bertz CT molecular complexity index is 568. The SMILES string of the molecule is c1cn2cnnc2c(N2CCN(C3CNC3)CC2)n1. The fraction of sp³-hybridized carbons (Fsp3) is 0.583. The summed E-state index contributed by atoms with van der Waals surface area (Å²) >= 11 is 0. The summed E-state index contributed by atoms with van der Waals surface area (Å²) < 4.78 is 1.92.